The predicted molar refractivity (Wildman–Crippen MR) is 90.5 cm³/mol. The molecule has 1 aromatic carbocycles. The monoisotopic (exact) mass is 318 g/mol. The molecule has 1 atom stereocenters. The number of hydrogen-bond donors (Lipinski definition) is 2. The van der Waals surface area contributed by atoms with Crippen LogP contribution in [0.25, 0.3) is 5.57 Å². The van der Waals surface area contributed by atoms with Gasteiger partial charge in [-0.25, -0.2) is 4.79 Å². The third-order valence-corrected chi connectivity index (χ3v) is 2.79. The van der Waals surface area contributed by atoms with E-state index in [4.69, 9.17) is 14.9 Å². The van der Waals surface area contributed by atoms with Gasteiger partial charge in [-0.15, -0.1) is 0 Å². The summed E-state index contributed by atoms with van der Waals surface area (Å²) in [5, 5.41) is 17.8. The molecule has 0 aromatic heterocycles. The highest BCUT2D eigenvalue weighted by Crippen LogP contribution is 2.28. The van der Waals surface area contributed by atoms with E-state index in [1.807, 2.05) is 25.2 Å². The zero-order valence-corrected chi connectivity index (χ0v) is 12.2. The summed E-state index contributed by atoms with van der Waals surface area (Å²) in [5.41, 5.74) is 1.39. The van der Waals surface area contributed by atoms with E-state index in [2.05, 4.69) is 6.58 Å². The zero-order valence-electron chi connectivity index (χ0n) is 12.2. The second-order valence-corrected chi connectivity index (χ2v) is 4.39. The average Bonchev–Trinajstić information content (AvgIpc) is 2.48. The maximum atomic E-state index is 11.1. The molecule has 1 aromatic rings. The van der Waals surface area contributed by atoms with Crippen LogP contribution in [0.15, 0.2) is 55.1 Å². The van der Waals surface area contributed by atoms with Crippen molar-refractivity contribution in [3.63, 3.8) is 0 Å². The summed E-state index contributed by atoms with van der Waals surface area (Å²) in [5.74, 6) is -2.26. The van der Waals surface area contributed by atoms with Gasteiger partial charge in [0.1, 0.15) is 5.75 Å². The van der Waals surface area contributed by atoms with E-state index in [0.29, 0.717) is 11.3 Å². The van der Waals surface area contributed by atoms with Crippen molar-refractivity contribution in [2.45, 2.75) is 26.9 Å². The molecular formula is C18H22O5. The lowest BCUT2D eigenvalue weighted by Crippen LogP contribution is -2.30. The van der Waals surface area contributed by atoms with Crippen molar-refractivity contribution < 1.29 is 24.5 Å². The molecule has 124 valence electrons. The molecule has 5 nitrogen and oxygen atoms in total. The quantitative estimate of drug-likeness (QED) is 0.713. The van der Waals surface area contributed by atoms with E-state index < -0.39 is 24.5 Å². The first kappa shape index (κ1) is 20.2. The van der Waals surface area contributed by atoms with Crippen LogP contribution < -0.4 is 4.74 Å². The number of allylic oxidation sites excluding steroid dienone is 5. The Labute approximate surface area is 136 Å². The molecule has 0 saturated heterocycles. The number of ether oxygens (including phenoxy) is 1. The van der Waals surface area contributed by atoms with Gasteiger partial charge in [-0.2, -0.15) is 0 Å². The van der Waals surface area contributed by atoms with E-state index in [1.165, 1.54) is 0 Å². The van der Waals surface area contributed by atoms with Gasteiger partial charge in [-0.05, 0) is 18.6 Å². The summed E-state index contributed by atoms with van der Waals surface area (Å²) in [6.45, 7) is 5.59. The number of carboxylic acids is 2. The Hall–Kier alpha value is -2.82. The van der Waals surface area contributed by atoms with Crippen molar-refractivity contribution in [2.75, 3.05) is 0 Å². The molecule has 0 amide bonds. The molecule has 0 aliphatic rings. The number of benzene rings is 1. The van der Waals surface area contributed by atoms with Crippen LogP contribution in [0.2, 0.25) is 0 Å². The predicted octanol–water partition coefficient (Wildman–Crippen LogP) is 3.77. The number of aliphatic carboxylic acids is 2. The lowest BCUT2D eigenvalue weighted by molar-refractivity contribution is -0.151. The highest BCUT2D eigenvalue weighted by molar-refractivity contribution is 5.81. The number of hydrogen-bond acceptors (Lipinski definition) is 3. The molecule has 0 aliphatic heterocycles. The fraction of sp³-hybridized carbons (Fsp3) is 0.222. The Balaban J connectivity index is 0.00000484. The molecule has 0 saturated carbocycles. The van der Waals surface area contributed by atoms with Crippen molar-refractivity contribution in [2.24, 2.45) is 0 Å². The fourth-order valence-electron chi connectivity index (χ4n) is 1.77. The van der Waals surface area contributed by atoms with Gasteiger partial charge in [0.25, 0.3) is 0 Å². The van der Waals surface area contributed by atoms with Gasteiger partial charge in [-0.1, -0.05) is 56.5 Å². The first-order valence-corrected chi connectivity index (χ1v) is 6.65. The maximum absolute atomic E-state index is 11.1. The number of carboxylic acid groups (broad SMARTS) is 2. The van der Waals surface area contributed by atoms with Gasteiger partial charge in [-0.3, -0.25) is 4.79 Å². The topological polar surface area (TPSA) is 83.8 Å². The Bertz CT molecular complexity index is 614. The SMILES string of the molecule is C.C=C/C(=C\C=C/C)c1ccccc1OC(CC(=O)O)C(=O)O. The van der Waals surface area contributed by atoms with Gasteiger partial charge in [0.2, 0.25) is 6.10 Å². The normalized spacial score (nSPS) is 12.3. The zero-order chi connectivity index (χ0) is 16.5. The summed E-state index contributed by atoms with van der Waals surface area (Å²) in [6, 6.07) is 6.82. The van der Waals surface area contributed by atoms with E-state index in [-0.39, 0.29) is 7.43 Å². The molecule has 0 heterocycles. The van der Waals surface area contributed by atoms with Crippen LogP contribution in [-0.2, 0) is 9.59 Å². The fourth-order valence-corrected chi connectivity index (χ4v) is 1.77. The van der Waals surface area contributed by atoms with Crippen LogP contribution >= 0.6 is 0 Å². The van der Waals surface area contributed by atoms with E-state index in [0.717, 1.165) is 5.57 Å². The van der Waals surface area contributed by atoms with Gasteiger partial charge in [0.05, 0.1) is 6.42 Å². The van der Waals surface area contributed by atoms with E-state index in [1.54, 1.807) is 30.3 Å². The lowest BCUT2D eigenvalue weighted by atomic mass is 10.0. The standard InChI is InChI=1S/C17H18O5.CH4/c1-3-5-8-12(4-2)13-9-6-7-10-14(13)22-15(17(20)21)11-16(18)19;/h3-10,15H,2,11H2,1H3,(H,18,19)(H,20,21);1H4/b5-3-,12-8+;. The van der Waals surface area contributed by atoms with Crippen molar-refractivity contribution >= 4 is 17.5 Å². The molecule has 0 spiro atoms. The van der Waals surface area contributed by atoms with Gasteiger partial charge < -0.3 is 14.9 Å². The third kappa shape index (κ3) is 6.22. The Kier molecular flexibility index (Phi) is 8.77. The lowest BCUT2D eigenvalue weighted by Gasteiger charge is -2.16. The number of para-hydroxylation sites is 1. The average molecular weight is 318 g/mol. The van der Waals surface area contributed by atoms with Crippen molar-refractivity contribution in [3.05, 3.63) is 60.7 Å². The summed E-state index contributed by atoms with van der Waals surface area (Å²) in [4.78, 5) is 21.9. The second kappa shape index (κ2) is 10.00. The summed E-state index contributed by atoms with van der Waals surface area (Å²) < 4.78 is 5.39. The first-order chi connectivity index (χ1) is 10.5. The van der Waals surface area contributed by atoms with Crippen LogP contribution in [0.4, 0.5) is 0 Å². The molecular weight excluding hydrogens is 296 g/mol. The van der Waals surface area contributed by atoms with Crippen molar-refractivity contribution in [3.8, 4) is 5.75 Å². The van der Waals surface area contributed by atoms with E-state index in [9.17, 15) is 9.59 Å². The molecule has 1 unspecified atom stereocenters. The van der Waals surface area contributed by atoms with Crippen LogP contribution in [0.1, 0.15) is 26.3 Å². The van der Waals surface area contributed by atoms with Crippen LogP contribution in [0, 0.1) is 0 Å². The summed E-state index contributed by atoms with van der Waals surface area (Å²) >= 11 is 0. The Morgan fingerprint density at radius 2 is 1.96 bits per heavy atom. The smallest absolute Gasteiger partial charge is 0.345 e. The minimum absolute atomic E-state index is 0. The summed E-state index contributed by atoms with van der Waals surface area (Å²) in [7, 11) is 0. The maximum Gasteiger partial charge on any atom is 0.345 e. The van der Waals surface area contributed by atoms with Crippen molar-refractivity contribution in [1.82, 2.24) is 0 Å². The Morgan fingerprint density at radius 3 is 2.48 bits per heavy atom. The van der Waals surface area contributed by atoms with Crippen molar-refractivity contribution in [1.29, 1.82) is 0 Å². The molecule has 0 radical (unpaired) electrons. The highest BCUT2D eigenvalue weighted by atomic mass is 16.5. The van der Waals surface area contributed by atoms with Crippen LogP contribution in [-0.4, -0.2) is 28.3 Å². The Morgan fingerprint density at radius 1 is 1.30 bits per heavy atom. The number of rotatable bonds is 8. The second-order valence-electron chi connectivity index (χ2n) is 4.39. The molecule has 5 heteroatoms. The van der Waals surface area contributed by atoms with Gasteiger partial charge in [0, 0.05) is 5.56 Å². The molecule has 1 rings (SSSR count). The molecule has 0 aliphatic carbocycles. The molecule has 23 heavy (non-hydrogen) atoms. The van der Waals surface area contributed by atoms with Crippen LogP contribution in [0.5, 0.6) is 5.75 Å². The molecule has 0 fully saturated rings. The molecule has 0 bridgehead atoms. The minimum atomic E-state index is -1.45. The minimum Gasteiger partial charge on any atom is -0.481 e. The van der Waals surface area contributed by atoms with Gasteiger partial charge in [0.15, 0.2) is 0 Å². The van der Waals surface area contributed by atoms with Crippen LogP contribution in [0.3, 0.4) is 0 Å². The highest BCUT2D eigenvalue weighted by Gasteiger charge is 2.24. The largest absolute Gasteiger partial charge is 0.481 e. The first-order valence-electron chi connectivity index (χ1n) is 6.65. The van der Waals surface area contributed by atoms with Gasteiger partial charge >= 0.3 is 11.9 Å². The summed E-state index contributed by atoms with van der Waals surface area (Å²) in [6.07, 6.45) is 5.02. The molecule has 2 N–H and O–H groups in total. The third-order valence-electron chi connectivity index (χ3n) is 2.79. The number of carbonyl (C=O) groups is 2. The van der Waals surface area contributed by atoms with E-state index >= 15 is 0 Å².